The minimum absolute atomic E-state index is 0.0773. The average molecular weight is 311 g/mol. The van der Waals surface area contributed by atoms with Gasteiger partial charge in [0.15, 0.2) is 0 Å². The summed E-state index contributed by atoms with van der Waals surface area (Å²) in [7, 11) is -3.60. The predicted molar refractivity (Wildman–Crippen MR) is 81.2 cm³/mol. The number of benzene rings is 1. The van der Waals surface area contributed by atoms with E-state index in [1.165, 1.54) is 0 Å². The Kier molecular flexibility index (Phi) is 4.65. The van der Waals surface area contributed by atoms with Crippen LogP contribution in [0.25, 0.3) is 0 Å². The summed E-state index contributed by atoms with van der Waals surface area (Å²) in [4.78, 5) is 14.3. The van der Waals surface area contributed by atoms with E-state index < -0.39 is 10.0 Å². The standard InChI is InChI=1S/C14H21N3O3S/c1-10-7-17(8-11(2)16-10)14(18)13-5-3-4-12(6-13)9-21(15,19)20/h3-6,10-11,16H,7-9H2,1-2H3,(H2,15,19,20)/t10-,11-/m0/s1. The lowest BCUT2D eigenvalue weighted by Gasteiger charge is -2.36. The number of primary sulfonamides is 1. The van der Waals surface area contributed by atoms with E-state index in [2.05, 4.69) is 5.32 Å². The highest BCUT2D eigenvalue weighted by Crippen LogP contribution is 2.13. The van der Waals surface area contributed by atoms with Gasteiger partial charge in [-0.15, -0.1) is 0 Å². The Labute approximate surface area is 125 Å². The molecule has 0 bridgehead atoms. The quantitative estimate of drug-likeness (QED) is 0.839. The van der Waals surface area contributed by atoms with Gasteiger partial charge in [-0.2, -0.15) is 0 Å². The molecule has 1 amide bonds. The fraction of sp³-hybridized carbons (Fsp3) is 0.500. The van der Waals surface area contributed by atoms with Crippen LogP contribution in [0.15, 0.2) is 24.3 Å². The molecule has 0 saturated carbocycles. The van der Waals surface area contributed by atoms with E-state index >= 15 is 0 Å². The van der Waals surface area contributed by atoms with Crippen LogP contribution in [0.5, 0.6) is 0 Å². The molecule has 1 saturated heterocycles. The first-order chi connectivity index (χ1) is 9.74. The molecule has 116 valence electrons. The minimum Gasteiger partial charge on any atom is -0.336 e. The van der Waals surface area contributed by atoms with E-state index in [4.69, 9.17) is 5.14 Å². The lowest BCUT2D eigenvalue weighted by molar-refractivity contribution is 0.0673. The molecule has 1 fully saturated rings. The molecule has 7 heteroatoms. The summed E-state index contributed by atoms with van der Waals surface area (Å²) in [5.74, 6) is -0.339. The van der Waals surface area contributed by atoms with Crippen molar-refractivity contribution in [3.63, 3.8) is 0 Å². The third-order valence-corrected chi connectivity index (χ3v) is 4.12. The number of sulfonamides is 1. The fourth-order valence-corrected chi connectivity index (χ4v) is 3.35. The number of amides is 1. The number of hydrogen-bond acceptors (Lipinski definition) is 4. The van der Waals surface area contributed by atoms with Crippen LogP contribution in [0, 0.1) is 0 Å². The highest BCUT2D eigenvalue weighted by atomic mass is 32.2. The molecule has 1 heterocycles. The van der Waals surface area contributed by atoms with Crippen molar-refractivity contribution in [2.75, 3.05) is 13.1 Å². The molecule has 0 radical (unpaired) electrons. The Balaban J connectivity index is 2.17. The van der Waals surface area contributed by atoms with E-state index in [9.17, 15) is 13.2 Å². The van der Waals surface area contributed by atoms with E-state index in [1.807, 2.05) is 13.8 Å². The van der Waals surface area contributed by atoms with Crippen molar-refractivity contribution in [3.8, 4) is 0 Å². The summed E-state index contributed by atoms with van der Waals surface area (Å²) in [5.41, 5.74) is 1.03. The molecule has 6 nitrogen and oxygen atoms in total. The van der Waals surface area contributed by atoms with E-state index in [-0.39, 0.29) is 23.7 Å². The maximum Gasteiger partial charge on any atom is 0.253 e. The summed E-state index contributed by atoms with van der Waals surface area (Å²) >= 11 is 0. The first kappa shape index (κ1) is 15.9. The van der Waals surface area contributed by atoms with Crippen LogP contribution in [0.4, 0.5) is 0 Å². The molecular formula is C14H21N3O3S. The van der Waals surface area contributed by atoms with Crippen LogP contribution in [0.2, 0.25) is 0 Å². The zero-order chi connectivity index (χ0) is 15.6. The summed E-state index contributed by atoms with van der Waals surface area (Å²) < 4.78 is 22.3. The fourth-order valence-electron chi connectivity index (χ4n) is 2.70. The maximum atomic E-state index is 12.5. The van der Waals surface area contributed by atoms with Gasteiger partial charge < -0.3 is 10.2 Å². The predicted octanol–water partition coefficient (Wildman–Crippen LogP) is 0.298. The Hall–Kier alpha value is -1.44. The van der Waals surface area contributed by atoms with E-state index in [0.29, 0.717) is 24.2 Å². The molecule has 1 aromatic carbocycles. The monoisotopic (exact) mass is 311 g/mol. The van der Waals surface area contributed by atoms with Crippen LogP contribution in [0.1, 0.15) is 29.8 Å². The number of nitrogens with one attached hydrogen (secondary N) is 1. The molecule has 0 aliphatic carbocycles. The Morgan fingerprint density at radius 1 is 1.33 bits per heavy atom. The Morgan fingerprint density at radius 2 is 1.95 bits per heavy atom. The van der Waals surface area contributed by atoms with Gasteiger partial charge in [0, 0.05) is 30.7 Å². The van der Waals surface area contributed by atoms with Gasteiger partial charge in [0.05, 0.1) is 5.75 Å². The number of piperazine rings is 1. The van der Waals surface area contributed by atoms with Crippen LogP contribution >= 0.6 is 0 Å². The third kappa shape index (κ3) is 4.52. The molecular weight excluding hydrogens is 290 g/mol. The van der Waals surface area contributed by atoms with Crippen molar-refractivity contribution in [1.82, 2.24) is 10.2 Å². The maximum absolute atomic E-state index is 12.5. The summed E-state index contributed by atoms with van der Waals surface area (Å²) in [6.07, 6.45) is 0. The van der Waals surface area contributed by atoms with Gasteiger partial charge >= 0.3 is 0 Å². The van der Waals surface area contributed by atoms with E-state index in [1.54, 1.807) is 29.2 Å². The molecule has 1 aromatic rings. The van der Waals surface area contributed by atoms with Crippen molar-refractivity contribution < 1.29 is 13.2 Å². The summed E-state index contributed by atoms with van der Waals surface area (Å²) in [6, 6.07) is 7.12. The van der Waals surface area contributed by atoms with Crippen LogP contribution in [-0.4, -0.2) is 44.4 Å². The molecule has 2 rings (SSSR count). The highest BCUT2D eigenvalue weighted by molar-refractivity contribution is 7.88. The van der Waals surface area contributed by atoms with Gasteiger partial charge in [0.2, 0.25) is 10.0 Å². The smallest absolute Gasteiger partial charge is 0.253 e. The number of rotatable bonds is 3. The van der Waals surface area contributed by atoms with E-state index in [0.717, 1.165) is 0 Å². The number of carbonyl (C=O) groups is 1. The highest BCUT2D eigenvalue weighted by Gasteiger charge is 2.25. The van der Waals surface area contributed by atoms with Crippen molar-refractivity contribution in [2.45, 2.75) is 31.7 Å². The molecule has 21 heavy (non-hydrogen) atoms. The number of nitrogens with zero attached hydrogens (tertiary/aromatic N) is 1. The van der Waals surface area contributed by atoms with Crippen molar-refractivity contribution in [1.29, 1.82) is 0 Å². The van der Waals surface area contributed by atoms with Crippen LogP contribution in [0.3, 0.4) is 0 Å². The van der Waals surface area contributed by atoms with Gasteiger partial charge in [-0.3, -0.25) is 4.79 Å². The molecule has 0 aromatic heterocycles. The average Bonchev–Trinajstić information content (AvgIpc) is 2.35. The van der Waals surface area contributed by atoms with Crippen LogP contribution < -0.4 is 10.5 Å². The first-order valence-corrected chi connectivity index (χ1v) is 8.61. The molecule has 2 atom stereocenters. The Bertz CT molecular complexity index is 620. The summed E-state index contributed by atoms with van der Waals surface area (Å²) in [5, 5.41) is 8.41. The van der Waals surface area contributed by atoms with Gasteiger partial charge in [0.1, 0.15) is 0 Å². The summed E-state index contributed by atoms with van der Waals surface area (Å²) in [6.45, 7) is 5.35. The second-order valence-electron chi connectivity index (χ2n) is 5.69. The number of hydrogen-bond donors (Lipinski definition) is 2. The molecule has 0 unspecified atom stereocenters. The Morgan fingerprint density at radius 3 is 2.52 bits per heavy atom. The second-order valence-corrected chi connectivity index (χ2v) is 7.30. The van der Waals surface area contributed by atoms with Gasteiger partial charge in [0.25, 0.3) is 5.91 Å². The lowest BCUT2D eigenvalue weighted by Crippen LogP contribution is -2.55. The van der Waals surface area contributed by atoms with Crippen LogP contribution in [-0.2, 0) is 15.8 Å². The lowest BCUT2D eigenvalue weighted by atomic mass is 10.1. The van der Waals surface area contributed by atoms with Gasteiger partial charge in [-0.05, 0) is 31.5 Å². The molecule has 1 aliphatic rings. The SMILES string of the molecule is C[C@H]1CN(C(=O)c2cccc(CS(N)(=O)=O)c2)C[C@H](C)N1. The van der Waals surface area contributed by atoms with Crippen molar-refractivity contribution >= 4 is 15.9 Å². The number of nitrogens with two attached hydrogens (primary N) is 1. The van der Waals surface area contributed by atoms with Crippen molar-refractivity contribution in [2.24, 2.45) is 5.14 Å². The third-order valence-electron chi connectivity index (χ3n) is 3.39. The second kappa shape index (κ2) is 6.13. The largest absolute Gasteiger partial charge is 0.336 e. The van der Waals surface area contributed by atoms with Gasteiger partial charge in [-0.1, -0.05) is 12.1 Å². The molecule has 1 aliphatic heterocycles. The number of carbonyl (C=O) groups excluding carboxylic acids is 1. The van der Waals surface area contributed by atoms with Gasteiger partial charge in [-0.25, -0.2) is 13.6 Å². The minimum atomic E-state index is -3.60. The zero-order valence-corrected chi connectivity index (χ0v) is 13.1. The van der Waals surface area contributed by atoms with Crippen molar-refractivity contribution in [3.05, 3.63) is 35.4 Å². The first-order valence-electron chi connectivity index (χ1n) is 6.89. The normalized spacial score (nSPS) is 23.1. The zero-order valence-electron chi connectivity index (χ0n) is 12.2. The topological polar surface area (TPSA) is 92.5 Å². The molecule has 0 spiro atoms. The molecule has 3 N–H and O–H groups in total.